The lowest BCUT2D eigenvalue weighted by Crippen LogP contribution is -2.25. The van der Waals surface area contributed by atoms with Crippen molar-refractivity contribution in [2.45, 2.75) is 26.0 Å². The van der Waals surface area contributed by atoms with Crippen LogP contribution < -0.4 is 9.03 Å². The quantitative estimate of drug-likeness (QED) is 0.566. The molecule has 0 bridgehead atoms. The molecule has 1 heterocycles. The molecule has 8 heteroatoms. The number of hydrogen-bond donors (Lipinski definition) is 5. The molecule has 0 spiro atoms. The Hall–Kier alpha value is -2.02. The molecule has 1 saturated heterocycles. The molecule has 1 aliphatic rings. The summed E-state index contributed by atoms with van der Waals surface area (Å²) in [6.45, 7) is 1.84. The van der Waals surface area contributed by atoms with Gasteiger partial charge in [0.25, 0.3) is 0 Å². The standard InChI is InChI=1S/C17H21N3O4S/c1-11(9-18)2-3-12-4-5-13-8-16(21)15(7-14(13)6-12)20-10-17(22)19-25(20,23)24/h4-8,11,17,19,21-24H,2-3,10H2,1H3. The number of phenolic OH excluding ortho intramolecular Hbond substituents is 1. The zero-order chi connectivity index (χ0) is 18.2. The topological polar surface area (TPSA) is 120 Å². The van der Waals surface area contributed by atoms with Crippen molar-refractivity contribution >= 4 is 27.4 Å². The Kier molecular flexibility index (Phi) is 4.77. The molecule has 2 aromatic carbocycles. The second-order valence-corrected chi connectivity index (χ2v) is 8.02. The van der Waals surface area contributed by atoms with Gasteiger partial charge in [0.05, 0.1) is 12.6 Å². The van der Waals surface area contributed by atoms with Crippen LogP contribution in [0.1, 0.15) is 18.9 Å². The highest BCUT2D eigenvalue weighted by atomic mass is 32.3. The van der Waals surface area contributed by atoms with Crippen LogP contribution in [0.25, 0.3) is 10.8 Å². The van der Waals surface area contributed by atoms with Crippen LogP contribution in [0.5, 0.6) is 5.75 Å². The number of aromatic hydroxyl groups is 1. The van der Waals surface area contributed by atoms with E-state index in [0.29, 0.717) is 0 Å². The lowest BCUT2D eigenvalue weighted by Gasteiger charge is -2.37. The van der Waals surface area contributed by atoms with E-state index >= 15 is 0 Å². The molecule has 1 aliphatic heterocycles. The number of aliphatic hydroxyl groups is 1. The number of anilines is 1. The molecule has 25 heavy (non-hydrogen) atoms. The first kappa shape index (κ1) is 17.8. The number of nitrogens with zero attached hydrogens (tertiary/aromatic N) is 2. The predicted octanol–water partition coefficient (Wildman–Crippen LogP) is 2.95. The molecule has 134 valence electrons. The van der Waals surface area contributed by atoms with Gasteiger partial charge in [-0.3, -0.25) is 13.4 Å². The first-order chi connectivity index (χ1) is 11.8. The lowest BCUT2D eigenvalue weighted by molar-refractivity contribution is 0.182. The molecular weight excluding hydrogens is 342 g/mol. The summed E-state index contributed by atoms with van der Waals surface area (Å²) >= 11 is 0. The molecule has 0 saturated carbocycles. The largest absolute Gasteiger partial charge is 0.506 e. The van der Waals surface area contributed by atoms with Gasteiger partial charge in [-0.1, -0.05) is 29.2 Å². The van der Waals surface area contributed by atoms with Gasteiger partial charge in [0.1, 0.15) is 17.7 Å². The van der Waals surface area contributed by atoms with Crippen molar-refractivity contribution in [1.82, 2.24) is 4.72 Å². The van der Waals surface area contributed by atoms with Crippen LogP contribution in [0, 0.1) is 17.2 Å². The summed E-state index contributed by atoms with van der Waals surface area (Å²) in [4.78, 5) is 0. The Morgan fingerprint density at radius 2 is 2.08 bits per heavy atom. The minimum Gasteiger partial charge on any atom is -0.506 e. The van der Waals surface area contributed by atoms with Crippen LogP contribution in [0.15, 0.2) is 30.3 Å². The van der Waals surface area contributed by atoms with Crippen LogP contribution in [0.3, 0.4) is 0 Å². The van der Waals surface area contributed by atoms with E-state index in [4.69, 9.17) is 5.26 Å². The molecule has 5 N–H and O–H groups in total. The van der Waals surface area contributed by atoms with Crippen molar-refractivity contribution in [1.29, 1.82) is 5.26 Å². The Bertz CT molecular complexity index is 836. The molecule has 0 aliphatic carbocycles. The van der Waals surface area contributed by atoms with E-state index in [1.54, 1.807) is 12.1 Å². The van der Waals surface area contributed by atoms with Crippen molar-refractivity contribution in [2.75, 3.05) is 10.8 Å². The highest BCUT2D eigenvalue weighted by Crippen LogP contribution is 2.50. The van der Waals surface area contributed by atoms with Gasteiger partial charge in [-0.2, -0.15) is 9.98 Å². The fraction of sp³-hybridized carbons (Fsp3) is 0.353. The van der Waals surface area contributed by atoms with E-state index in [1.807, 2.05) is 25.1 Å². The van der Waals surface area contributed by atoms with Crippen molar-refractivity contribution in [2.24, 2.45) is 5.92 Å². The van der Waals surface area contributed by atoms with Crippen molar-refractivity contribution < 1.29 is 19.3 Å². The van der Waals surface area contributed by atoms with E-state index < -0.39 is 17.2 Å². The van der Waals surface area contributed by atoms with Gasteiger partial charge in [0.15, 0.2) is 0 Å². The van der Waals surface area contributed by atoms with Crippen LogP contribution >= 0.6 is 11.0 Å². The van der Waals surface area contributed by atoms with Gasteiger partial charge in [-0.25, -0.2) is 0 Å². The predicted molar refractivity (Wildman–Crippen MR) is 98.0 cm³/mol. The first-order valence-corrected chi connectivity index (χ1v) is 9.47. The fourth-order valence-electron chi connectivity index (χ4n) is 2.91. The first-order valence-electron chi connectivity index (χ1n) is 7.96. The summed E-state index contributed by atoms with van der Waals surface area (Å²) in [6.07, 6.45) is 0.439. The summed E-state index contributed by atoms with van der Waals surface area (Å²) in [5.41, 5.74) is 1.32. The van der Waals surface area contributed by atoms with Crippen molar-refractivity contribution in [3.63, 3.8) is 0 Å². The zero-order valence-electron chi connectivity index (χ0n) is 13.8. The third kappa shape index (κ3) is 3.66. The maximum atomic E-state index is 10.3. The normalized spacial score (nSPS) is 21.9. The Morgan fingerprint density at radius 1 is 1.32 bits per heavy atom. The molecule has 2 unspecified atom stereocenters. The van der Waals surface area contributed by atoms with Crippen molar-refractivity contribution in [3.8, 4) is 11.8 Å². The van der Waals surface area contributed by atoms with E-state index in [2.05, 4.69) is 10.8 Å². The summed E-state index contributed by atoms with van der Waals surface area (Å²) in [6, 6.07) is 11.3. The third-order valence-electron chi connectivity index (χ3n) is 4.29. The third-order valence-corrected chi connectivity index (χ3v) is 5.84. The van der Waals surface area contributed by atoms with Crippen LogP contribution in [-0.2, 0) is 6.42 Å². The van der Waals surface area contributed by atoms with Gasteiger partial charge >= 0.3 is 0 Å². The minimum atomic E-state index is -3.38. The molecule has 2 atom stereocenters. The fourth-order valence-corrected chi connectivity index (χ4v) is 4.24. The molecule has 1 fully saturated rings. The second-order valence-electron chi connectivity index (χ2n) is 6.30. The smallest absolute Gasteiger partial charge is 0.142 e. The average molecular weight is 363 g/mol. The van der Waals surface area contributed by atoms with Gasteiger partial charge in [-0.15, -0.1) is 0 Å². The number of aliphatic hydroxyl groups excluding tert-OH is 1. The van der Waals surface area contributed by atoms with E-state index in [0.717, 1.165) is 29.2 Å². The summed E-state index contributed by atoms with van der Waals surface area (Å²) < 4.78 is 23.6. The van der Waals surface area contributed by atoms with E-state index in [9.17, 15) is 19.3 Å². The molecule has 7 nitrogen and oxygen atoms in total. The number of aryl methyl sites for hydroxylation is 1. The van der Waals surface area contributed by atoms with Crippen LogP contribution in [0.4, 0.5) is 5.69 Å². The monoisotopic (exact) mass is 363 g/mol. The summed E-state index contributed by atoms with van der Waals surface area (Å²) in [5, 5.41) is 30.4. The van der Waals surface area contributed by atoms with Gasteiger partial charge in [0, 0.05) is 5.92 Å². The number of β-amino-alcohol motifs (C(OH)–C–C–N with tert-alkyl or cyclic N) is 1. The average Bonchev–Trinajstić information content (AvgIpc) is 2.84. The summed E-state index contributed by atoms with van der Waals surface area (Å²) in [7, 11) is -3.38. The Morgan fingerprint density at radius 3 is 2.72 bits per heavy atom. The minimum absolute atomic E-state index is 0.0174. The number of fused-ring (bicyclic) bond motifs is 1. The highest BCUT2D eigenvalue weighted by Gasteiger charge is 2.36. The highest BCUT2D eigenvalue weighted by molar-refractivity contribution is 8.24. The second kappa shape index (κ2) is 6.71. The number of benzene rings is 2. The maximum Gasteiger partial charge on any atom is 0.142 e. The van der Waals surface area contributed by atoms with E-state index in [1.165, 1.54) is 4.31 Å². The molecule has 2 aromatic rings. The van der Waals surface area contributed by atoms with Gasteiger partial charge in [-0.05, 0) is 48.2 Å². The Labute approximate surface area is 147 Å². The number of hydrogen-bond acceptors (Lipinski definition) is 7. The molecule has 0 aromatic heterocycles. The molecule has 0 amide bonds. The maximum absolute atomic E-state index is 10.3. The number of nitrogens with one attached hydrogen (secondary N) is 1. The Balaban J connectivity index is 1.95. The molecule has 3 rings (SSSR count). The number of rotatable bonds is 4. The van der Waals surface area contributed by atoms with Crippen molar-refractivity contribution in [3.05, 3.63) is 35.9 Å². The molecule has 0 radical (unpaired) electrons. The van der Waals surface area contributed by atoms with Crippen LogP contribution in [-0.4, -0.2) is 32.1 Å². The lowest BCUT2D eigenvalue weighted by atomic mass is 9.99. The number of nitriles is 1. The zero-order valence-corrected chi connectivity index (χ0v) is 14.6. The van der Waals surface area contributed by atoms with E-state index in [-0.39, 0.29) is 23.9 Å². The summed E-state index contributed by atoms with van der Waals surface area (Å²) in [5.74, 6) is -0.106. The van der Waals surface area contributed by atoms with Crippen LogP contribution in [0.2, 0.25) is 0 Å². The number of phenols is 1. The van der Waals surface area contributed by atoms with Gasteiger partial charge < -0.3 is 10.2 Å². The molecular formula is C17H21N3O4S. The van der Waals surface area contributed by atoms with Gasteiger partial charge in [0.2, 0.25) is 0 Å². The SMILES string of the molecule is CC(C#N)CCc1ccc2cc(O)c(N3CC(O)NS3(O)O)cc2c1.